The first-order chi connectivity index (χ1) is 11.8. The van der Waals surface area contributed by atoms with E-state index in [0.717, 1.165) is 16.8 Å². The molecule has 1 aliphatic heterocycles. The van der Waals surface area contributed by atoms with Gasteiger partial charge in [0.2, 0.25) is 5.16 Å². The Bertz CT molecular complexity index is 857. The van der Waals surface area contributed by atoms with Gasteiger partial charge in [0.1, 0.15) is 11.6 Å². The molecule has 4 rings (SSSR count). The largest absolute Gasteiger partial charge is 0.467 e. The molecule has 0 atom stereocenters. The third-order valence-electron chi connectivity index (χ3n) is 3.55. The van der Waals surface area contributed by atoms with Gasteiger partial charge in [-0.2, -0.15) is 4.68 Å². The fourth-order valence-corrected chi connectivity index (χ4v) is 3.36. The van der Waals surface area contributed by atoms with Crippen molar-refractivity contribution in [1.82, 2.24) is 20.2 Å². The lowest BCUT2D eigenvalue weighted by Gasteiger charge is -2.20. The molecule has 0 fully saturated rings. The molecule has 2 aromatic carbocycles. The van der Waals surface area contributed by atoms with Gasteiger partial charge in [-0.3, -0.25) is 0 Å². The van der Waals surface area contributed by atoms with Crippen molar-refractivity contribution in [3.8, 4) is 11.4 Å². The maximum atomic E-state index is 13.8. The first kappa shape index (κ1) is 15.1. The molecule has 6 nitrogen and oxygen atoms in total. The van der Waals surface area contributed by atoms with Crippen molar-refractivity contribution in [3.05, 3.63) is 59.4 Å². The van der Waals surface area contributed by atoms with E-state index in [2.05, 4.69) is 15.5 Å². The Kier molecular flexibility index (Phi) is 4.14. The predicted octanol–water partition coefficient (Wildman–Crippen LogP) is 2.96. The molecule has 0 bridgehead atoms. The molecule has 3 aromatic rings. The molecule has 0 amide bonds. The Morgan fingerprint density at radius 1 is 1.21 bits per heavy atom. The van der Waals surface area contributed by atoms with Crippen molar-refractivity contribution in [1.29, 1.82) is 0 Å². The Hall–Kier alpha value is -2.45. The van der Waals surface area contributed by atoms with Crippen molar-refractivity contribution < 1.29 is 13.9 Å². The van der Waals surface area contributed by atoms with Crippen LogP contribution < -0.4 is 4.74 Å². The van der Waals surface area contributed by atoms with Crippen molar-refractivity contribution in [2.75, 3.05) is 6.79 Å². The van der Waals surface area contributed by atoms with Gasteiger partial charge in [-0.1, -0.05) is 30.0 Å². The molecule has 1 aliphatic rings. The normalized spacial score (nSPS) is 13.4. The van der Waals surface area contributed by atoms with E-state index < -0.39 is 0 Å². The summed E-state index contributed by atoms with van der Waals surface area (Å²) in [5.74, 6) is 0.878. The topological polar surface area (TPSA) is 62.1 Å². The highest BCUT2D eigenvalue weighted by Gasteiger charge is 2.18. The third-order valence-corrected chi connectivity index (χ3v) is 4.52. The fraction of sp³-hybridized carbons (Fsp3) is 0.188. The summed E-state index contributed by atoms with van der Waals surface area (Å²) in [6.45, 7) is 0.532. The predicted molar refractivity (Wildman–Crippen MR) is 85.4 cm³/mol. The van der Waals surface area contributed by atoms with E-state index in [0.29, 0.717) is 23.3 Å². The highest BCUT2D eigenvalue weighted by molar-refractivity contribution is 7.98. The van der Waals surface area contributed by atoms with Gasteiger partial charge < -0.3 is 9.47 Å². The van der Waals surface area contributed by atoms with Gasteiger partial charge in [0.25, 0.3) is 0 Å². The zero-order chi connectivity index (χ0) is 16.4. The van der Waals surface area contributed by atoms with E-state index in [1.807, 2.05) is 30.3 Å². The van der Waals surface area contributed by atoms with Crippen molar-refractivity contribution in [2.45, 2.75) is 17.5 Å². The van der Waals surface area contributed by atoms with Crippen LogP contribution in [-0.4, -0.2) is 27.0 Å². The summed E-state index contributed by atoms with van der Waals surface area (Å²) in [6, 6.07) is 12.5. The van der Waals surface area contributed by atoms with Gasteiger partial charge >= 0.3 is 0 Å². The minimum absolute atomic E-state index is 0.179. The number of tetrazole rings is 1. The number of hydrogen-bond acceptors (Lipinski definition) is 6. The van der Waals surface area contributed by atoms with Crippen LogP contribution in [0.3, 0.4) is 0 Å². The fourth-order valence-electron chi connectivity index (χ4n) is 2.51. The molecule has 0 saturated heterocycles. The second-order valence-electron chi connectivity index (χ2n) is 5.16. The summed E-state index contributed by atoms with van der Waals surface area (Å²) in [7, 11) is 0. The van der Waals surface area contributed by atoms with Crippen molar-refractivity contribution in [3.63, 3.8) is 0 Å². The number of nitrogens with zero attached hydrogens (tertiary/aromatic N) is 4. The van der Waals surface area contributed by atoms with Crippen LogP contribution in [0.25, 0.3) is 5.69 Å². The van der Waals surface area contributed by atoms with E-state index in [9.17, 15) is 4.39 Å². The third kappa shape index (κ3) is 2.98. The van der Waals surface area contributed by atoms with E-state index in [-0.39, 0.29) is 12.6 Å². The molecule has 0 spiro atoms. The minimum Gasteiger partial charge on any atom is -0.467 e. The van der Waals surface area contributed by atoms with Crippen LogP contribution in [-0.2, 0) is 17.1 Å². The molecule has 8 heteroatoms. The van der Waals surface area contributed by atoms with Crippen LogP contribution in [0, 0.1) is 5.82 Å². The Labute approximate surface area is 141 Å². The molecule has 1 aromatic heterocycles. The van der Waals surface area contributed by atoms with Crippen LogP contribution in [0.2, 0.25) is 0 Å². The molecule has 0 unspecified atom stereocenters. The molecule has 2 heterocycles. The number of rotatable bonds is 4. The monoisotopic (exact) mass is 344 g/mol. The SMILES string of the molecule is Fc1cc2c(c(CSc3nnnn3-c3ccccc3)c1)OCOC2. The van der Waals surface area contributed by atoms with E-state index in [4.69, 9.17) is 9.47 Å². The summed E-state index contributed by atoms with van der Waals surface area (Å²) >= 11 is 1.42. The number of halogens is 1. The van der Waals surface area contributed by atoms with E-state index >= 15 is 0 Å². The van der Waals surface area contributed by atoms with E-state index in [1.165, 1.54) is 23.9 Å². The number of aromatic nitrogens is 4. The maximum Gasteiger partial charge on any atom is 0.214 e. The lowest BCUT2D eigenvalue weighted by Crippen LogP contribution is -2.13. The number of ether oxygens (including phenoxy) is 2. The number of hydrogen-bond donors (Lipinski definition) is 0. The van der Waals surface area contributed by atoms with Crippen molar-refractivity contribution >= 4 is 11.8 Å². The summed E-state index contributed by atoms with van der Waals surface area (Å²) < 4.78 is 26.2. The summed E-state index contributed by atoms with van der Waals surface area (Å²) in [5, 5.41) is 12.4. The molecular weight excluding hydrogens is 331 g/mol. The Balaban J connectivity index is 1.59. The smallest absolute Gasteiger partial charge is 0.214 e. The molecule has 0 N–H and O–H groups in total. The average Bonchev–Trinajstić information content (AvgIpc) is 3.09. The second kappa shape index (κ2) is 6.58. The lowest BCUT2D eigenvalue weighted by molar-refractivity contribution is -0.0171. The van der Waals surface area contributed by atoms with Gasteiger partial charge in [0, 0.05) is 16.9 Å². The molecule has 0 radical (unpaired) electrons. The van der Waals surface area contributed by atoms with Crippen LogP contribution in [0.5, 0.6) is 5.75 Å². The molecule has 0 aliphatic carbocycles. The second-order valence-corrected chi connectivity index (χ2v) is 6.10. The minimum atomic E-state index is -0.305. The molecular formula is C16H13FN4O2S. The number of benzene rings is 2. The quantitative estimate of drug-likeness (QED) is 0.678. The van der Waals surface area contributed by atoms with Crippen LogP contribution >= 0.6 is 11.8 Å². The highest BCUT2D eigenvalue weighted by Crippen LogP contribution is 2.33. The van der Waals surface area contributed by atoms with Gasteiger partial charge in [0.05, 0.1) is 12.3 Å². The zero-order valence-corrected chi connectivity index (χ0v) is 13.4. The highest BCUT2D eigenvalue weighted by atomic mass is 32.2. The lowest BCUT2D eigenvalue weighted by atomic mass is 10.1. The number of para-hydroxylation sites is 1. The standard InChI is InChI=1S/C16H13FN4O2S/c17-13-6-11-8-22-10-23-15(11)12(7-13)9-24-16-18-19-20-21(16)14-4-2-1-3-5-14/h1-7H,8-10H2. The Morgan fingerprint density at radius 3 is 2.96 bits per heavy atom. The summed E-state index contributed by atoms with van der Waals surface area (Å²) in [4.78, 5) is 0. The van der Waals surface area contributed by atoms with Crippen LogP contribution in [0.15, 0.2) is 47.6 Å². The zero-order valence-electron chi connectivity index (χ0n) is 12.6. The van der Waals surface area contributed by atoms with Crippen LogP contribution in [0.1, 0.15) is 11.1 Å². The average molecular weight is 344 g/mol. The molecule has 24 heavy (non-hydrogen) atoms. The van der Waals surface area contributed by atoms with Gasteiger partial charge in [0.15, 0.2) is 6.79 Å². The number of thioether (sulfide) groups is 1. The Morgan fingerprint density at radius 2 is 2.08 bits per heavy atom. The van der Waals surface area contributed by atoms with Gasteiger partial charge in [-0.05, 0) is 34.7 Å². The van der Waals surface area contributed by atoms with Crippen LogP contribution in [0.4, 0.5) is 4.39 Å². The maximum absolute atomic E-state index is 13.8. The van der Waals surface area contributed by atoms with Crippen molar-refractivity contribution in [2.24, 2.45) is 0 Å². The molecule has 0 saturated carbocycles. The first-order valence-electron chi connectivity index (χ1n) is 7.30. The first-order valence-corrected chi connectivity index (χ1v) is 8.28. The van der Waals surface area contributed by atoms with Gasteiger partial charge in [-0.25, -0.2) is 4.39 Å². The van der Waals surface area contributed by atoms with E-state index in [1.54, 1.807) is 4.68 Å². The molecule has 122 valence electrons. The summed E-state index contributed by atoms with van der Waals surface area (Å²) in [5.41, 5.74) is 2.36. The number of fused-ring (bicyclic) bond motifs is 1. The van der Waals surface area contributed by atoms with Gasteiger partial charge in [-0.15, -0.1) is 5.10 Å². The summed E-state index contributed by atoms with van der Waals surface area (Å²) in [6.07, 6.45) is 0.